The molecule has 0 bridgehead atoms. The second kappa shape index (κ2) is 8.80. The van der Waals surface area contributed by atoms with E-state index < -0.39 is 0 Å². The summed E-state index contributed by atoms with van der Waals surface area (Å²) in [4.78, 5) is 10.6. The van der Waals surface area contributed by atoms with Crippen molar-refractivity contribution in [3.63, 3.8) is 0 Å². The molecule has 1 aromatic carbocycles. The van der Waals surface area contributed by atoms with E-state index in [1.165, 1.54) is 10.4 Å². The first kappa shape index (κ1) is 18.4. The summed E-state index contributed by atoms with van der Waals surface area (Å²) in [6.07, 6.45) is 5.60. The van der Waals surface area contributed by atoms with E-state index in [2.05, 4.69) is 68.9 Å². The van der Waals surface area contributed by atoms with Gasteiger partial charge in [0, 0.05) is 62.2 Å². The van der Waals surface area contributed by atoms with Gasteiger partial charge in [0.25, 0.3) is 0 Å². The summed E-state index contributed by atoms with van der Waals surface area (Å²) < 4.78 is 2.03. The summed E-state index contributed by atoms with van der Waals surface area (Å²) in [5.74, 6) is 0. The van der Waals surface area contributed by atoms with Gasteiger partial charge >= 0.3 is 0 Å². The summed E-state index contributed by atoms with van der Waals surface area (Å²) >= 11 is 1.87. The molecule has 1 unspecified atom stereocenters. The Hall–Kier alpha value is -1.99. The van der Waals surface area contributed by atoms with E-state index in [1.54, 1.807) is 6.20 Å². The van der Waals surface area contributed by atoms with Crippen LogP contribution in [0.5, 0.6) is 0 Å². The third kappa shape index (κ3) is 4.65. The fraction of sp³-hybridized carbons (Fsp3) is 0.381. The van der Waals surface area contributed by atoms with Gasteiger partial charge in [0.15, 0.2) is 0 Å². The molecule has 1 fully saturated rings. The zero-order valence-electron chi connectivity index (χ0n) is 15.8. The molecule has 0 radical (unpaired) electrons. The number of rotatable bonds is 7. The highest BCUT2D eigenvalue weighted by atomic mass is 32.1. The number of hydrogen-bond acceptors (Lipinski definition) is 5. The van der Waals surface area contributed by atoms with E-state index in [9.17, 15) is 0 Å². The molecule has 27 heavy (non-hydrogen) atoms. The highest BCUT2D eigenvalue weighted by molar-refractivity contribution is 7.10. The summed E-state index contributed by atoms with van der Waals surface area (Å²) in [5.41, 5.74) is 2.45. The number of nitrogens with one attached hydrogen (secondary N) is 1. The standard InChI is InChI=1S/C21H27N5S/c1-24-10-12-25(13-11-24)20(21-3-2-14-27-21)16-23-15-18-4-6-19(7-5-18)26-9-8-22-17-26/h2-9,14,17,20,23H,10-13,15-16H2,1H3. The third-order valence-electron chi connectivity index (χ3n) is 5.26. The van der Waals surface area contributed by atoms with Gasteiger partial charge in [-0.1, -0.05) is 18.2 Å². The molecule has 5 nitrogen and oxygen atoms in total. The maximum Gasteiger partial charge on any atom is 0.0991 e. The minimum absolute atomic E-state index is 0.462. The first-order valence-electron chi connectivity index (χ1n) is 9.53. The van der Waals surface area contributed by atoms with Crippen LogP contribution < -0.4 is 5.32 Å². The minimum Gasteiger partial charge on any atom is -0.311 e. The molecular formula is C21H27N5S. The van der Waals surface area contributed by atoms with E-state index >= 15 is 0 Å². The van der Waals surface area contributed by atoms with Crippen molar-refractivity contribution in [3.8, 4) is 5.69 Å². The molecule has 1 aliphatic heterocycles. The van der Waals surface area contributed by atoms with Crippen molar-refractivity contribution < 1.29 is 0 Å². The molecule has 1 N–H and O–H groups in total. The quantitative estimate of drug-likeness (QED) is 0.683. The molecule has 3 heterocycles. The van der Waals surface area contributed by atoms with Crippen LogP contribution in [0.4, 0.5) is 0 Å². The first-order chi connectivity index (χ1) is 13.3. The molecular weight excluding hydrogens is 354 g/mol. The molecule has 6 heteroatoms. The fourth-order valence-corrected chi connectivity index (χ4v) is 4.44. The van der Waals surface area contributed by atoms with Crippen LogP contribution in [0, 0.1) is 0 Å². The number of imidazole rings is 1. The monoisotopic (exact) mass is 381 g/mol. The van der Waals surface area contributed by atoms with E-state index in [-0.39, 0.29) is 0 Å². The average Bonchev–Trinajstić information content (AvgIpc) is 3.41. The number of thiophene rings is 1. The van der Waals surface area contributed by atoms with E-state index in [1.807, 2.05) is 28.4 Å². The van der Waals surface area contributed by atoms with Crippen molar-refractivity contribution in [2.45, 2.75) is 12.6 Å². The Morgan fingerprint density at radius 1 is 1.11 bits per heavy atom. The molecule has 0 amide bonds. The first-order valence-corrected chi connectivity index (χ1v) is 10.4. The molecule has 0 aliphatic carbocycles. The minimum atomic E-state index is 0.462. The summed E-state index contributed by atoms with van der Waals surface area (Å²) in [5, 5.41) is 5.87. The summed E-state index contributed by atoms with van der Waals surface area (Å²) in [6.45, 7) is 6.45. The predicted octanol–water partition coefficient (Wildman–Crippen LogP) is 3.01. The molecule has 2 aromatic heterocycles. The Bertz CT molecular complexity index is 790. The molecule has 4 rings (SSSR count). The maximum atomic E-state index is 4.11. The highest BCUT2D eigenvalue weighted by Gasteiger charge is 2.24. The third-order valence-corrected chi connectivity index (χ3v) is 6.23. The summed E-state index contributed by atoms with van der Waals surface area (Å²) in [7, 11) is 2.21. The van der Waals surface area contributed by atoms with Crippen molar-refractivity contribution in [2.24, 2.45) is 0 Å². The molecule has 1 saturated heterocycles. The molecule has 142 valence electrons. The fourth-order valence-electron chi connectivity index (χ4n) is 3.58. The molecule has 0 spiro atoms. The molecule has 3 aromatic rings. The van der Waals surface area contributed by atoms with Gasteiger partial charge in [0.2, 0.25) is 0 Å². The van der Waals surface area contributed by atoms with Crippen LogP contribution in [0.15, 0.2) is 60.5 Å². The van der Waals surface area contributed by atoms with Crippen LogP contribution in [0.2, 0.25) is 0 Å². The number of piperazine rings is 1. The van der Waals surface area contributed by atoms with Gasteiger partial charge in [-0.05, 0) is 36.2 Å². The largest absolute Gasteiger partial charge is 0.311 e. The van der Waals surface area contributed by atoms with Crippen molar-refractivity contribution in [2.75, 3.05) is 39.8 Å². The lowest BCUT2D eigenvalue weighted by atomic mass is 10.1. The zero-order valence-corrected chi connectivity index (χ0v) is 16.6. The van der Waals surface area contributed by atoms with Crippen molar-refractivity contribution in [1.29, 1.82) is 0 Å². The van der Waals surface area contributed by atoms with Gasteiger partial charge in [-0.3, -0.25) is 4.90 Å². The van der Waals surface area contributed by atoms with Crippen LogP contribution in [0.3, 0.4) is 0 Å². The van der Waals surface area contributed by atoms with Crippen molar-refractivity contribution in [3.05, 3.63) is 70.9 Å². The Morgan fingerprint density at radius 3 is 2.59 bits per heavy atom. The average molecular weight is 382 g/mol. The predicted molar refractivity (Wildman–Crippen MR) is 111 cm³/mol. The lowest BCUT2D eigenvalue weighted by Gasteiger charge is -2.37. The van der Waals surface area contributed by atoms with Gasteiger partial charge in [-0.2, -0.15) is 0 Å². The van der Waals surface area contributed by atoms with Gasteiger partial charge in [-0.25, -0.2) is 4.98 Å². The van der Waals surface area contributed by atoms with Gasteiger partial charge in [-0.15, -0.1) is 11.3 Å². The van der Waals surface area contributed by atoms with Crippen LogP contribution in [0.25, 0.3) is 5.69 Å². The van der Waals surface area contributed by atoms with Gasteiger partial charge in [0.05, 0.1) is 12.4 Å². The lowest BCUT2D eigenvalue weighted by molar-refractivity contribution is 0.111. The van der Waals surface area contributed by atoms with E-state index in [4.69, 9.17) is 0 Å². The number of likely N-dealkylation sites (N-methyl/N-ethyl adjacent to an activating group) is 1. The second-order valence-electron chi connectivity index (χ2n) is 7.14. The van der Waals surface area contributed by atoms with E-state index in [0.717, 1.165) is 45.0 Å². The number of nitrogens with zero attached hydrogens (tertiary/aromatic N) is 4. The maximum absolute atomic E-state index is 4.11. The normalized spacial score (nSPS) is 17.2. The highest BCUT2D eigenvalue weighted by Crippen LogP contribution is 2.25. The Balaban J connectivity index is 1.35. The molecule has 1 atom stereocenters. The summed E-state index contributed by atoms with van der Waals surface area (Å²) in [6, 6.07) is 13.6. The van der Waals surface area contributed by atoms with Crippen LogP contribution in [0.1, 0.15) is 16.5 Å². The van der Waals surface area contributed by atoms with Crippen molar-refractivity contribution in [1.82, 2.24) is 24.7 Å². The van der Waals surface area contributed by atoms with Gasteiger partial charge in [0.1, 0.15) is 0 Å². The molecule has 1 aliphatic rings. The Morgan fingerprint density at radius 2 is 1.93 bits per heavy atom. The SMILES string of the molecule is CN1CCN(C(CNCc2ccc(-n3ccnc3)cc2)c2cccs2)CC1. The van der Waals surface area contributed by atoms with Crippen molar-refractivity contribution >= 4 is 11.3 Å². The number of hydrogen-bond donors (Lipinski definition) is 1. The van der Waals surface area contributed by atoms with Gasteiger partial charge < -0.3 is 14.8 Å². The second-order valence-corrected chi connectivity index (χ2v) is 8.12. The molecule has 0 saturated carbocycles. The van der Waals surface area contributed by atoms with Crippen LogP contribution in [-0.4, -0.2) is 59.1 Å². The zero-order chi connectivity index (χ0) is 18.5. The smallest absolute Gasteiger partial charge is 0.0991 e. The van der Waals surface area contributed by atoms with Crippen LogP contribution >= 0.6 is 11.3 Å². The lowest BCUT2D eigenvalue weighted by Crippen LogP contribution is -2.47. The Kier molecular flexibility index (Phi) is 5.99. The van der Waals surface area contributed by atoms with Crippen LogP contribution in [-0.2, 0) is 6.54 Å². The number of aromatic nitrogens is 2. The number of benzene rings is 1. The Labute approximate surface area is 165 Å². The topological polar surface area (TPSA) is 36.3 Å². The van der Waals surface area contributed by atoms with E-state index in [0.29, 0.717) is 6.04 Å².